The van der Waals surface area contributed by atoms with Gasteiger partial charge < -0.3 is 0 Å². The molecule has 1 aliphatic rings. The van der Waals surface area contributed by atoms with Crippen LogP contribution in [0.15, 0.2) is 100 Å². The van der Waals surface area contributed by atoms with Crippen molar-refractivity contribution >= 4 is 27.3 Å². The lowest BCUT2D eigenvalue weighted by atomic mass is 10.1. The molecule has 0 radical (unpaired) electrons. The predicted molar refractivity (Wildman–Crippen MR) is 122 cm³/mol. The molecule has 6 nitrogen and oxygen atoms in total. The van der Waals surface area contributed by atoms with Gasteiger partial charge in [-0.2, -0.15) is 9.78 Å². The Hall–Kier alpha value is -3.23. The van der Waals surface area contributed by atoms with Crippen LogP contribution >= 0.6 is 11.8 Å². The van der Waals surface area contributed by atoms with E-state index in [1.54, 1.807) is 35.0 Å². The highest BCUT2D eigenvalue weighted by molar-refractivity contribution is 8.14. The maximum absolute atomic E-state index is 13.6. The van der Waals surface area contributed by atoms with Crippen molar-refractivity contribution in [2.24, 2.45) is 5.10 Å². The molecule has 1 aliphatic heterocycles. The highest BCUT2D eigenvalue weighted by Crippen LogP contribution is 2.37. The van der Waals surface area contributed by atoms with Gasteiger partial charge in [0.1, 0.15) is 0 Å². The SMILES string of the molecule is Cc1ccc(C2=Nn3c(nnc3-c3ccccc3)SC2S(=O)(=O)c2ccccc2)cc1. The van der Waals surface area contributed by atoms with Gasteiger partial charge in [0.15, 0.2) is 20.2 Å². The maximum Gasteiger partial charge on any atom is 0.214 e. The van der Waals surface area contributed by atoms with Crippen LogP contribution in [0.1, 0.15) is 11.1 Å². The number of rotatable bonds is 4. The summed E-state index contributed by atoms with van der Waals surface area (Å²) in [6.07, 6.45) is 0. The number of nitrogens with zero attached hydrogens (tertiary/aromatic N) is 4. The fourth-order valence-corrected chi connectivity index (χ4v) is 6.53. The third-order valence-corrected chi connectivity index (χ3v) is 8.66. The van der Waals surface area contributed by atoms with E-state index in [4.69, 9.17) is 5.10 Å². The van der Waals surface area contributed by atoms with Crippen LogP contribution in [0.5, 0.6) is 0 Å². The van der Waals surface area contributed by atoms with Crippen molar-refractivity contribution in [1.29, 1.82) is 0 Å². The predicted octanol–water partition coefficient (Wildman–Crippen LogP) is 4.41. The van der Waals surface area contributed by atoms with Gasteiger partial charge in [-0.1, -0.05) is 90.1 Å². The summed E-state index contributed by atoms with van der Waals surface area (Å²) in [6, 6.07) is 25.8. The van der Waals surface area contributed by atoms with E-state index in [2.05, 4.69) is 10.2 Å². The Morgan fingerprint density at radius 2 is 1.45 bits per heavy atom. The van der Waals surface area contributed by atoms with Gasteiger partial charge >= 0.3 is 0 Å². The molecule has 4 aromatic rings. The van der Waals surface area contributed by atoms with Crippen molar-refractivity contribution < 1.29 is 8.42 Å². The number of thioether (sulfide) groups is 1. The number of aromatic nitrogens is 3. The zero-order chi connectivity index (χ0) is 21.4. The van der Waals surface area contributed by atoms with E-state index < -0.39 is 14.4 Å². The molecular formula is C23H18N4O2S2. The van der Waals surface area contributed by atoms with Crippen molar-refractivity contribution in [3.63, 3.8) is 0 Å². The van der Waals surface area contributed by atoms with Crippen LogP contribution in [-0.4, -0.2) is 33.6 Å². The van der Waals surface area contributed by atoms with Gasteiger partial charge in [-0.25, -0.2) is 8.42 Å². The first-order valence-corrected chi connectivity index (χ1v) is 12.1. The van der Waals surface area contributed by atoms with Crippen LogP contribution in [0.3, 0.4) is 0 Å². The summed E-state index contributed by atoms with van der Waals surface area (Å²) < 4.78 is 27.8. The van der Waals surface area contributed by atoms with E-state index in [9.17, 15) is 8.42 Å². The van der Waals surface area contributed by atoms with Crippen molar-refractivity contribution in [3.8, 4) is 11.4 Å². The Bertz CT molecular complexity index is 1360. The molecule has 1 unspecified atom stereocenters. The van der Waals surface area contributed by atoms with Crippen molar-refractivity contribution in [2.45, 2.75) is 21.6 Å². The number of sulfone groups is 1. The van der Waals surface area contributed by atoms with Crippen LogP contribution in [0.2, 0.25) is 0 Å². The molecule has 0 N–H and O–H groups in total. The first-order valence-electron chi connectivity index (χ1n) is 9.66. The lowest BCUT2D eigenvalue weighted by Gasteiger charge is -2.23. The van der Waals surface area contributed by atoms with Gasteiger partial charge in [-0.15, -0.1) is 10.2 Å². The lowest BCUT2D eigenvalue weighted by Crippen LogP contribution is -2.32. The van der Waals surface area contributed by atoms with Gasteiger partial charge in [0.2, 0.25) is 5.16 Å². The molecule has 0 fully saturated rings. The molecule has 3 aromatic carbocycles. The molecule has 2 heterocycles. The van der Waals surface area contributed by atoms with Gasteiger partial charge in [-0.05, 0) is 19.1 Å². The molecule has 0 amide bonds. The zero-order valence-corrected chi connectivity index (χ0v) is 18.2. The summed E-state index contributed by atoms with van der Waals surface area (Å²) in [5.74, 6) is 0.572. The highest BCUT2D eigenvalue weighted by atomic mass is 32.3. The van der Waals surface area contributed by atoms with Gasteiger partial charge in [0.25, 0.3) is 0 Å². The second-order valence-electron chi connectivity index (χ2n) is 7.14. The molecule has 0 aliphatic carbocycles. The standard InChI is InChI=1S/C23H18N4O2S2/c1-16-12-14-17(15-13-16)20-22(31(28,29)19-10-6-3-7-11-19)30-23-25-24-21(27(23)26-20)18-8-4-2-5-9-18/h2-15,22H,1H3. The molecule has 154 valence electrons. The largest absolute Gasteiger partial charge is 0.222 e. The summed E-state index contributed by atoms with van der Waals surface area (Å²) in [4.78, 5) is 0.253. The minimum absolute atomic E-state index is 0.253. The third kappa shape index (κ3) is 3.58. The zero-order valence-electron chi connectivity index (χ0n) is 16.6. The highest BCUT2D eigenvalue weighted by Gasteiger charge is 2.39. The van der Waals surface area contributed by atoms with Crippen molar-refractivity contribution in [3.05, 3.63) is 96.1 Å². The van der Waals surface area contributed by atoms with E-state index in [0.29, 0.717) is 16.7 Å². The van der Waals surface area contributed by atoms with E-state index >= 15 is 0 Å². The van der Waals surface area contributed by atoms with Crippen molar-refractivity contribution in [2.75, 3.05) is 0 Å². The first kappa shape index (κ1) is 19.7. The average Bonchev–Trinajstić information content (AvgIpc) is 3.23. The third-order valence-electron chi connectivity index (χ3n) is 4.99. The van der Waals surface area contributed by atoms with Crippen LogP contribution < -0.4 is 0 Å². The van der Waals surface area contributed by atoms with E-state index in [-0.39, 0.29) is 4.90 Å². The summed E-state index contributed by atoms with van der Waals surface area (Å²) in [6.45, 7) is 1.99. The molecule has 0 spiro atoms. The molecule has 5 rings (SSSR count). The quantitative estimate of drug-likeness (QED) is 0.464. The fraction of sp³-hybridized carbons (Fsp3) is 0.0870. The van der Waals surface area contributed by atoms with Crippen LogP contribution in [0, 0.1) is 6.92 Å². The Balaban J connectivity index is 1.69. The number of benzene rings is 3. The van der Waals surface area contributed by atoms with Crippen molar-refractivity contribution in [1.82, 2.24) is 14.9 Å². The molecule has 31 heavy (non-hydrogen) atoms. The smallest absolute Gasteiger partial charge is 0.214 e. The van der Waals surface area contributed by atoms with E-state index in [1.165, 1.54) is 0 Å². The molecule has 1 aromatic heterocycles. The summed E-state index contributed by atoms with van der Waals surface area (Å²) in [5.41, 5.74) is 3.16. The molecule has 0 bridgehead atoms. The number of hydrogen-bond donors (Lipinski definition) is 0. The fourth-order valence-electron chi connectivity index (χ4n) is 3.36. The number of fused-ring (bicyclic) bond motifs is 1. The Morgan fingerprint density at radius 3 is 2.13 bits per heavy atom. The Kier molecular flexibility index (Phi) is 4.95. The lowest BCUT2D eigenvalue weighted by molar-refractivity contribution is 0.597. The molecular weight excluding hydrogens is 428 g/mol. The average molecular weight is 447 g/mol. The normalized spacial score (nSPS) is 15.9. The van der Waals surface area contributed by atoms with Crippen LogP contribution in [0.4, 0.5) is 0 Å². The molecule has 1 atom stereocenters. The summed E-state index contributed by atoms with van der Waals surface area (Å²) in [7, 11) is -3.72. The maximum atomic E-state index is 13.6. The topological polar surface area (TPSA) is 77.2 Å². The van der Waals surface area contributed by atoms with Crippen LogP contribution in [-0.2, 0) is 9.84 Å². The second-order valence-corrected chi connectivity index (χ2v) is 10.5. The minimum atomic E-state index is -3.72. The Morgan fingerprint density at radius 1 is 0.806 bits per heavy atom. The molecule has 8 heteroatoms. The first-order chi connectivity index (χ1) is 15.0. The molecule has 0 saturated heterocycles. The Labute approximate surface area is 184 Å². The van der Waals surface area contributed by atoms with Crippen LogP contribution in [0.25, 0.3) is 11.4 Å². The number of aryl methyl sites for hydroxylation is 1. The monoisotopic (exact) mass is 446 g/mol. The molecule has 0 saturated carbocycles. The summed E-state index contributed by atoms with van der Waals surface area (Å²) in [5, 5.41) is 13.7. The van der Waals surface area contributed by atoms with Gasteiger partial charge in [0, 0.05) is 11.1 Å². The summed E-state index contributed by atoms with van der Waals surface area (Å²) >= 11 is 1.15. The van der Waals surface area contributed by atoms with Gasteiger partial charge in [-0.3, -0.25) is 0 Å². The van der Waals surface area contributed by atoms with Gasteiger partial charge in [0.05, 0.1) is 10.6 Å². The minimum Gasteiger partial charge on any atom is -0.222 e. The number of hydrogen-bond acceptors (Lipinski definition) is 6. The van der Waals surface area contributed by atoms with E-state index in [0.717, 1.165) is 28.5 Å². The van der Waals surface area contributed by atoms with E-state index in [1.807, 2.05) is 61.5 Å². The second kappa shape index (κ2) is 7.79.